The van der Waals surface area contributed by atoms with E-state index in [-0.39, 0.29) is 29.5 Å². The highest BCUT2D eigenvalue weighted by molar-refractivity contribution is 7.80. The summed E-state index contributed by atoms with van der Waals surface area (Å²) in [6.07, 6.45) is 2.93. The summed E-state index contributed by atoms with van der Waals surface area (Å²) in [5, 5.41) is 9.33. The van der Waals surface area contributed by atoms with E-state index >= 15 is 0 Å². The quantitative estimate of drug-likeness (QED) is 0.566. The number of benzene rings is 2. The molecular formula is C22H24ClN3O3S. The van der Waals surface area contributed by atoms with E-state index in [0.29, 0.717) is 29.2 Å². The molecule has 6 nitrogen and oxygen atoms in total. The molecule has 1 aliphatic rings. The molecule has 0 aliphatic carbocycles. The van der Waals surface area contributed by atoms with Crippen LogP contribution >= 0.6 is 23.8 Å². The number of halogens is 1. The number of ether oxygens (including phenoxy) is 1. The molecule has 3 rings (SSSR count). The van der Waals surface area contributed by atoms with Gasteiger partial charge in [-0.3, -0.25) is 9.59 Å². The Morgan fingerprint density at radius 1 is 1.13 bits per heavy atom. The summed E-state index contributed by atoms with van der Waals surface area (Å²) in [5.41, 5.74) is 2.15. The molecule has 1 saturated heterocycles. The van der Waals surface area contributed by atoms with Gasteiger partial charge in [0.2, 0.25) is 5.91 Å². The Balaban J connectivity index is 1.41. The van der Waals surface area contributed by atoms with Crippen LogP contribution in [0.1, 0.15) is 35.2 Å². The second-order valence-corrected chi connectivity index (χ2v) is 7.83. The molecule has 1 heterocycles. The number of nitrogens with one attached hydrogen (secondary N) is 3. The molecule has 0 spiro atoms. The van der Waals surface area contributed by atoms with Crippen molar-refractivity contribution in [2.24, 2.45) is 0 Å². The van der Waals surface area contributed by atoms with Gasteiger partial charge in [0, 0.05) is 35.8 Å². The molecule has 2 aromatic rings. The Bertz CT molecular complexity index is 899. The van der Waals surface area contributed by atoms with E-state index in [1.807, 2.05) is 18.2 Å². The molecule has 1 aliphatic heterocycles. The fraction of sp³-hybridized carbons (Fsp3) is 0.318. The molecule has 2 amide bonds. The van der Waals surface area contributed by atoms with E-state index in [0.717, 1.165) is 25.0 Å². The van der Waals surface area contributed by atoms with Gasteiger partial charge in [0.25, 0.3) is 5.91 Å². The van der Waals surface area contributed by atoms with Gasteiger partial charge >= 0.3 is 0 Å². The van der Waals surface area contributed by atoms with Crippen molar-refractivity contribution in [1.29, 1.82) is 0 Å². The Morgan fingerprint density at radius 2 is 1.90 bits per heavy atom. The Hall–Kier alpha value is -2.48. The molecule has 1 unspecified atom stereocenters. The normalized spacial score (nSPS) is 15.4. The largest absolute Gasteiger partial charge is 0.376 e. The van der Waals surface area contributed by atoms with Crippen molar-refractivity contribution in [2.75, 3.05) is 18.5 Å². The molecule has 1 atom stereocenters. The number of hydrogen-bond acceptors (Lipinski definition) is 4. The van der Waals surface area contributed by atoms with Gasteiger partial charge in [0.15, 0.2) is 5.11 Å². The number of carbonyl (C=O) groups excluding carboxylic acids is 2. The molecule has 0 radical (unpaired) electrons. The molecule has 8 heteroatoms. The first-order valence-electron chi connectivity index (χ1n) is 9.85. The van der Waals surface area contributed by atoms with E-state index < -0.39 is 0 Å². The van der Waals surface area contributed by atoms with Gasteiger partial charge in [-0.25, -0.2) is 0 Å². The predicted molar refractivity (Wildman–Crippen MR) is 122 cm³/mol. The van der Waals surface area contributed by atoms with Gasteiger partial charge in [-0.2, -0.15) is 0 Å². The maximum Gasteiger partial charge on any atom is 0.251 e. The zero-order chi connectivity index (χ0) is 21.3. The zero-order valence-corrected chi connectivity index (χ0v) is 18.0. The van der Waals surface area contributed by atoms with Crippen molar-refractivity contribution in [3.8, 4) is 0 Å². The molecule has 1 fully saturated rings. The van der Waals surface area contributed by atoms with Crippen LogP contribution in [0.15, 0.2) is 48.5 Å². The van der Waals surface area contributed by atoms with Crippen LogP contribution < -0.4 is 16.0 Å². The van der Waals surface area contributed by atoms with Gasteiger partial charge in [-0.1, -0.05) is 29.8 Å². The highest BCUT2D eigenvalue weighted by Crippen LogP contribution is 2.16. The van der Waals surface area contributed by atoms with E-state index in [1.54, 1.807) is 30.3 Å². The topological polar surface area (TPSA) is 79.5 Å². The van der Waals surface area contributed by atoms with Gasteiger partial charge in [0.1, 0.15) is 0 Å². The molecule has 0 bridgehead atoms. The van der Waals surface area contributed by atoms with E-state index in [1.165, 1.54) is 0 Å². The van der Waals surface area contributed by atoms with E-state index in [2.05, 4.69) is 16.0 Å². The number of amides is 2. The minimum atomic E-state index is -0.197. The van der Waals surface area contributed by atoms with Crippen LogP contribution in [0.2, 0.25) is 5.02 Å². The first-order valence-corrected chi connectivity index (χ1v) is 10.6. The fourth-order valence-electron chi connectivity index (χ4n) is 3.12. The minimum Gasteiger partial charge on any atom is -0.376 e. The summed E-state index contributed by atoms with van der Waals surface area (Å²) in [5.74, 6) is -0.343. The van der Waals surface area contributed by atoms with E-state index in [4.69, 9.17) is 28.6 Å². The smallest absolute Gasteiger partial charge is 0.251 e. The van der Waals surface area contributed by atoms with Crippen LogP contribution in [-0.4, -0.2) is 36.2 Å². The van der Waals surface area contributed by atoms with Gasteiger partial charge < -0.3 is 20.7 Å². The maximum absolute atomic E-state index is 12.2. The standard InChI is InChI=1S/C22H24ClN3O3S/c23-19-6-2-1-4-15(19)9-12-20(27)26-22(30)25-17-10-7-16(8-11-17)21(28)24-14-18-5-3-13-29-18/h1-2,4,6-8,10-11,18H,3,5,9,12-14H2,(H,24,28)(H2,25,26,27,30). The molecule has 3 N–H and O–H groups in total. The van der Waals surface area contributed by atoms with Crippen molar-refractivity contribution >= 4 is 46.4 Å². The summed E-state index contributed by atoms with van der Waals surface area (Å²) >= 11 is 11.3. The molecular weight excluding hydrogens is 422 g/mol. The summed E-state index contributed by atoms with van der Waals surface area (Å²) in [6, 6.07) is 14.3. The number of anilines is 1. The summed E-state index contributed by atoms with van der Waals surface area (Å²) in [4.78, 5) is 24.3. The number of rotatable bonds is 7. The van der Waals surface area contributed by atoms with E-state index in [9.17, 15) is 9.59 Å². The van der Waals surface area contributed by atoms with Crippen molar-refractivity contribution in [3.05, 3.63) is 64.7 Å². The highest BCUT2D eigenvalue weighted by Gasteiger charge is 2.16. The second-order valence-electron chi connectivity index (χ2n) is 7.02. The molecule has 2 aromatic carbocycles. The lowest BCUT2D eigenvalue weighted by molar-refractivity contribution is -0.119. The van der Waals surface area contributed by atoms with Crippen molar-refractivity contribution in [3.63, 3.8) is 0 Å². The summed E-state index contributed by atoms with van der Waals surface area (Å²) in [6.45, 7) is 1.28. The fourth-order valence-corrected chi connectivity index (χ4v) is 3.58. The number of carbonyl (C=O) groups is 2. The number of thiocarbonyl (C=S) groups is 1. The Morgan fingerprint density at radius 3 is 2.60 bits per heavy atom. The SMILES string of the molecule is O=C(CCc1ccccc1Cl)NC(=S)Nc1ccc(C(=O)NCC2CCCO2)cc1. The van der Waals surface area contributed by atoms with Crippen LogP contribution in [-0.2, 0) is 16.0 Å². The van der Waals surface area contributed by atoms with Crippen LogP contribution in [0.25, 0.3) is 0 Å². The van der Waals surface area contributed by atoms with Crippen molar-refractivity contribution in [1.82, 2.24) is 10.6 Å². The van der Waals surface area contributed by atoms with Crippen LogP contribution in [0.3, 0.4) is 0 Å². The lowest BCUT2D eigenvalue weighted by Gasteiger charge is -2.12. The lowest BCUT2D eigenvalue weighted by Crippen LogP contribution is -2.34. The molecule has 158 valence electrons. The maximum atomic E-state index is 12.2. The lowest BCUT2D eigenvalue weighted by atomic mass is 10.1. The monoisotopic (exact) mass is 445 g/mol. The molecule has 0 aromatic heterocycles. The number of aryl methyl sites for hydroxylation is 1. The molecule has 30 heavy (non-hydrogen) atoms. The highest BCUT2D eigenvalue weighted by atomic mass is 35.5. The van der Waals surface area contributed by atoms with Crippen LogP contribution in [0, 0.1) is 0 Å². The Kier molecular flexibility index (Phi) is 8.19. The third kappa shape index (κ3) is 6.79. The predicted octanol–water partition coefficient (Wildman–Crippen LogP) is 3.69. The second kappa shape index (κ2) is 11.1. The first kappa shape index (κ1) is 22.2. The zero-order valence-electron chi connectivity index (χ0n) is 16.4. The Labute approximate surface area is 186 Å². The van der Waals surface area contributed by atoms with Gasteiger partial charge in [-0.05, 0) is 67.4 Å². The van der Waals surface area contributed by atoms with Crippen molar-refractivity contribution in [2.45, 2.75) is 31.8 Å². The first-order chi connectivity index (χ1) is 14.5. The van der Waals surface area contributed by atoms with Crippen molar-refractivity contribution < 1.29 is 14.3 Å². The van der Waals surface area contributed by atoms with Gasteiger partial charge in [-0.15, -0.1) is 0 Å². The summed E-state index contributed by atoms with van der Waals surface area (Å²) in [7, 11) is 0. The average molecular weight is 446 g/mol. The third-order valence-corrected chi connectivity index (χ3v) is 5.32. The van der Waals surface area contributed by atoms with Gasteiger partial charge in [0.05, 0.1) is 6.10 Å². The van der Waals surface area contributed by atoms with Crippen LogP contribution in [0.5, 0.6) is 0 Å². The average Bonchev–Trinajstić information content (AvgIpc) is 3.25. The summed E-state index contributed by atoms with van der Waals surface area (Å²) < 4.78 is 5.50. The molecule has 0 saturated carbocycles. The van der Waals surface area contributed by atoms with Crippen LogP contribution in [0.4, 0.5) is 5.69 Å². The third-order valence-electron chi connectivity index (χ3n) is 4.75. The number of hydrogen-bond donors (Lipinski definition) is 3. The minimum absolute atomic E-state index is 0.105.